The summed E-state index contributed by atoms with van der Waals surface area (Å²) in [6.07, 6.45) is 3.19. The van der Waals surface area contributed by atoms with Gasteiger partial charge in [-0.3, -0.25) is 9.10 Å². The topological polar surface area (TPSA) is 88.1 Å². The van der Waals surface area contributed by atoms with E-state index in [0.29, 0.717) is 23.6 Å². The van der Waals surface area contributed by atoms with Crippen molar-refractivity contribution in [1.29, 1.82) is 0 Å². The highest BCUT2D eigenvalue weighted by molar-refractivity contribution is 7.92. The lowest BCUT2D eigenvalue weighted by atomic mass is 10.1. The number of amides is 1. The van der Waals surface area contributed by atoms with Gasteiger partial charge in [0.1, 0.15) is 12.4 Å². The highest BCUT2D eigenvalue weighted by Gasteiger charge is 2.25. The van der Waals surface area contributed by atoms with Gasteiger partial charge in [-0.1, -0.05) is 73.3 Å². The number of ether oxygens (including phenoxy) is 1. The third kappa shape index (κ3) is 6.74. The largest absolute Gasteiger partial charge is 0.490 e. The molecule has 4 aromatic carbocycles. The molecule has 0 aliphatic rings. The minimum Gasteiger partial charge on any atom is -0.490 e. The lowest BCUT2D eigenvalue weighted by molar-refractivity contribution is 0.0955. The van der Waals surface area contributed by atoms with Crippen molar-refractivity contribution in [2.24, 2.45) is 5.10 Å². The zero-order chi connectivity index (χ0) is 26.8. The Labute approximate surface area is 222 Å². The monoisotopic (exact) mass is 525 g/mol. The number of nitrogens with zero attached hydrogens (tertiary/aromatic N) is 2. The van der Waals surface area contributed by atoms with E-state index in [2.05, 4.69) is 17.1 Å². The second-order valence-electron chi connectivity index (χ2n) is 8.23. The van der Waals surface area contributed by atoms with Crippen LogP contribution in [0.5, 0.6) is 5.75 Å². The zero-order valence-corrected chi connectivity index (χ0v) is 21.4. The van der Waals surface area contributed by atoms with Gasteiger partial charge in [-0.25, -0.2) is 13.8 Å². The first-order valence-electron chi connectivity index (χ1n) is 11.9. The van der Waals surface area contributed by atoms with Gasteiger partial charge < -0.3 is 4.74 Å². The summed E-state index contributed by atoms with van der Waals surface area (Å²) >= 11 is 0. The molecule has 0 saturated heterocycles. The maximum Gasteiger partial charge on any atom is 0.271 e. The first kappa shape index (κ1) is 26.4. The molecule has 1 amide bonds. The Balaban J connectivity index is 1.46. The van der Waals surface area contributed by atoms with Crippen molar-refractivity contribution >= 4 is 27.8 Å². The molecule has 4 rings (SSSR count). The molecule has 0 bridgehead atoms. The molecule has 0 unspecified atom stereocenters. The minimum atomic E-state index is -3.80. The Hall–Kier alpha value is -4.69. The standard InChI is InChI=1S/C30H27N3O4S/c1-2-20-37-28-13-9-10-25(21-28)22-31-32-30(34)26-18-16-24(17-19-26)23-33(27-11-5-3-6-12-27)38(35,36)29-14-7-4-8-15-29/h2-19,21-22H,1,20,23H2,(H,32,34)/b31-22+. The fraction of sp³-hybridized carbons (Fsp3) is 0.0667. The lowest BCUT2D eigenvalue weighted by Crippen LogP contribution is -2.30. The molecule has 4 aromatic rings. The first-order valence-corrected chi connectivity index (χ1v) is 13.3. The van der Waals surface area contributed by atoms with E-state index in [-0.39, 0.29) is 17.3 Å². The van der Waals surface area contributed by atoms with E-state index >= 15 is 0 Å². The molecule has 0 fully saturated rings. The van der Waals surface area contributed by atoms with E-state index < -0.39 is 10.0 Å². The summed E-state index contributed by atoms with van der Waals surface area (Å²) in [5, 5.41) is 4.03. The van der Waals surface area contributed by atoms with Crippen molar-refractivity contribution < 1.29 is 17.9 Å². The molecule has 0 saturated carbocycles. The third-order valence-corrected chi connectivity index (χ3v) is 7.31. The molecule has 38 heavy (non-hydrogen) atoms. The molecular weight excluding hydrogens is 498 g/mol. The van der Waals surface area contributed by atoms with E-state index in [9.17, 15) is 13.2 Å². The van der Waals surface area contributed by atoms with Crippen molar-refractivity contribution in [2.45, 2.75) is 11.4 Å². The van der Waals surface area contributed by atoms with Crippen LogP contribution in [0.2, 0.25) is 0 Å². The second kappa shape index (κ2) is 12.5. The lowest BCUT2D eigenvalue weighted by Gasteiger charge is -2.24. The summed E-state index contributed by atoms with van der Waals surface area (Å²) < 4.78 is 33.8. The Kier molecular flexibility index (Phi) is 8.69. The number of anilines is 1. The number of para-hydroxylation sites is 1. The van der Waals surface area contributed by atoms with Crippen LogP contribution < -0.4 is 14.5 Å². The number of rotatable bonds is 11. The van der Waals surface area contributed by atoms with Crippen molar-refractivity contribution in [2.75, 3.05) is 10.9 Å². The zero-order valence-electron chi connectivity index (χ0n) is 20.6. The van der Waals surface area contributed by atoms with Crippen molar-refractivity contribution in [1.82, 2.24) is 5.43 Å². The molecule has 0 atom stereocenters. The molecular formula is C30H27N3O4S. The predicted octanol–water partition coefficient (Wildman–Crippen LogP) is 5.41. The predicted molar refractivity (Wildman–Crippen MR) is 150 cm³/mol. The van der Waals surface area contributed by atoms with Crippen molar-refractivity contribution in [3.05, 3.63) is 139 Å². The molecule has 0 radical (unpaired) electrons. The van der Waals surface area contributed by atoms with Gasteiger partial charge in [0, 0.05) is 5.56 Å². The molecule has 8 heteroatoms. The van der Waals surface area contributed by atoms with Crippen LogP contribution in [0, 0.1) is 0 Å². The van der Waals surface area contributed by atoms with Crippen molar-refractivity contribution in [3.8, 4) is 5.75 Å². The molecule has 0 heterocycles. The summed E-state index contributed by atoms with van der Waals surface area (Å²) in [5.41, 5.74) is 4.94. The third-order valence-electron chi connectivity index (χ3n) is 5.52. The Morgan fingerprint density at radius 3 is 2.26 bits per heavy atom. The normalized spacial score (nSPS) is 11.2. The van der Waals surface area contributed by atoms with Crippen LogP contribution in [0.1, 0.15) is 21.5 Å². The summed E-state index contributed by atoms with van der Waals surface area (Å²) in [7, 11) is -3.80. The van der Waals surface area contributed by atoms with Crippen LogP contribution in [-0.2, 0) is 16.6 Å². The number of hydrazone groups is 1. The number of hydrogen-bond donors (Lipinski definition) is 1. The van der Waals surface area contributed by atoms with Crippen LogP contribution in [0.3, 0.4) is 0 Å². The second-order valence-corrected chi connectivity index (χ2v) is 10.1. The highest BCUT2D eigenvalue weighted by atomic mass is 32.2. The fourth-order valence-corrected chi connectivity index (χ4v) is 5.10. The van der Waals surface area contributed by atoms with Crippen LogP contribution in [-0.4, -0.2) is 27.1 Å². The molecule has 0 aromatic heterocycles. The maximum atomic E-state index is 13.5. The maximum absolute atomic E-state index is 13.5. The number of sulfonamides is 1. The quantitative estimate of drug-likeness (QED) is 0.161. The van der Waals surface area contributed by atoms with Gasteiger partial charge >= 0.3 is 0 Å². The minimum absolute atomic E-state index is 0.103. The molecule has 0 spiro atoms. The molecule has 1 N–H and O–H groups in total. The molecule has 192 valence electrons. The van der Waals surface area contributed by atoms with Crippen LogP contribution in [0.25, 0.3) is 0 Å². The van der Waals surface area contributed by atoms with Crippen LogP contribution >= 0.6 is 0 Å². The van der Waals surface area contributed by atoms with Gasteiger partial charge in [0.15, 0.2) is 0 Å². The van der Waals surface area contributed by atoms with E-state index in [1.807, 2.05) is 24.3 Å². The fourth-order valence-electron chi connectivity index (χ4n) is 3.63. The van der Waals surface area contributed by atoms with E-state index in [1.54, 1.807) is 91.0 Å². The number of hydrogen-bond acceptors (Lipinski definition) is 5. The van der Waals surface area contributed by atoms with E-state index in [0.717, 1.165) is 11.1 Å². The average Bonchev–Trinajstić information content (AvgIpc) is 2.96. The Bertz CT molecular complexity index is 1500. The van der Waals surface area contributed by atoms with Crippen LogP contribution in [0.15, 0.2) is 132 Å². The van der Waals surface area contributed by atoms with E-state index in [4.69, 9.17) is 4.74 Å². The van der Waals surface area contributed by atoms with E-state index in [1.165, 1.54) is 10.5 Å². The molecule has 0 aliphatic heterocycles. The number of carbonyl (C=O) groups is 1. The molecule has 7 nitrogen and oxygen atoms in total. The number of carbonyl (C=O) groups excluding carboxylic acids is 1. The number of nitrogens with one attached hydrogen (secondary N) is 1. The smallest absolute Gasteiger partial charge is 0.271 e. The van der Waals surface area contributed by atoms with Gasteiger partial charge in [0.2, 0.25) is 0 Å². The summed E-state index contributed by atoms with van der Waals surface area (Å²) in [6, 6.07) is 31.3. The van der Waals surface area contributed by atoms with Crippen LogP contribution in [0.4, 0.5) is 5.69 Å². The summed E-state index contributed by atoms with van der Waals surface area (Å²) in [5.74, 6) is 0.290. The summed E-state index contributed by atoms with van der Waals surface area (Å²) in [4.78, 5) is 12.8. The van der Waals surface area contributed by atoms with Crippen molar-refractivity contribution in [3.63, 3.8) is 0 Å². The Morgan fingerprint density at radius 1 is 0.895 bits per heavy atom. The summed E-state index contributed by atoms with van der Waals surface area (Å²) in [6.45, 7) is 4.12. The van der Waals surface area contributed by atoms with Gasteiger partial charge in [0.25, 0.3) is 15.9 Å². The first-order chi connectivity index (χ1) is 18.5. The highest BCUT2D eigenvalue weighted by Crippen LogP contribution is 2.26. The Morgan fingerprint density at radius 2 is 1.58 bits per heavy atom. The molecule has 0 aliphatic carbocycles. The van der Waals surface area contributed by atoms with Gasteiger partial charge in [0.05, 0.1) is 23.3 Å². The van der Waals surface area contributed by atoms with Gasteiger partial charge in [-0.2, -0.15) is 5.10 Å². The van der Waals surface area contributed by atoms with Gasteiger partial charge in [-0.15, -0.1) is 0 Å². The number of benzene rings is 4. The SMILES string of the molecule is C=CCOc1cccc(/C=N/NC(=O)c2ccc(CN(c3ccccc3)S(=O)(=O)c3ccccc3)cc2)c1. The average molecular weight is 526 g/mol. The van der Waals surface area contributed by atoms with Gasteiger partial charge in [-0.05, 0) is 59.7 Å².